The first kappa shape index (κ1) is 18.3. The molecule has 0 aromatic heterocycles. The normalized spacial score (nSPS) is 11.3. The number of halogens is 1. The number of hydrogen-bond donors (Lipinski definition) is 2. The van der Waals surface area contributed by atoms with Crippen LogP contribution in [0.25, 0.3) is 0 Å². The molecule has 0 heterocycles. The summed E-state index contributed by atoms with van der Waals surface area (Å²) in [6, 6.07) is 10.9. The lowest BCUT2D eigenvalue weighted by Gasteiger charge is -2.18. The van der Waals surface area contributed by atoms with E-state index in [-0.39, 0.29) is 22.0 Å². The first-order valence-electron chi connectivity index (χ1n) is 7.00. The molecule has 2 N–H and O–H groups in total. The second-order valence-corrected chi connectivity index (χ2v) is 7.44. The van der Waals surface area contributed by atoms with Crippen LogP contribution in [-0.4, -0.2) is 33.6 Å². The van der Waals surface area contributed by atoms with Crippen LogP contribution < -0.4 is 9.62 Å². The highest BCUT2D eigenvalue weighted by Crippen LogP contribution is 2.24. The molecule has 0 spiro atoms. The van der Waals surface area contributed by atoms with Gasteiger partial charge in [0, 0.05) is 26.3 Å². The Morgan fingerprint density at radius 2 is 1.88 bits per heavy atom. The Hall–Kier alpha value is -2.09. The van der Waals surface area contributed by atoms with Crippen LogP contribution in [0.1, 0.15) is 15.9 Å². The second kappa shape index (κ2) is 7.21. The Balaban J connectivity index is 2.30. The maximum Gasteiger partial charge on any atom is 0.335 e. The van der Waals surface area contributed by atoms with Gasteiger partial charge in [-0.2, -0.15) is 0 Å². The molecule has 2 aromatic rings. The number of aromatic carboxylic acids is 1. The SMILES string of the molecule is CN(C)c1ccccc1CNS(=O)(=O)c1cc(C(=O)O)ccc1Cl. The number of benzene rings is 2. The Kier molecular flexibility index (Phi) is 5.48. The van der Waals surface area contributed by atoms with E-state index in [0.717, 1.165) is 17.3 Å². The zero-order chi connectivity index (χ0) is 17.9. The van der Waals surface area contributed by atoms with Crippen LogP contribution in [0.4, 0.5) is 5.69 Å². The van der Waals surface area contributed by atoms with Gasteiger partial charge in [0.1, 0.15) is 4.90 Å². The predicted molar refractivity (Wildman–Crippen MR) is 93.2 cm³/mol. The largest absolute Gasteiger partial charge is 0.478 e. The smallest absolute Gasteiger partial charge is 0.335 e. The lowest BCUT2D eigenvalue weighted by molar-refractivity contribution is 0.0696. The van der Waals surface area contributed by atoms with Crippen molar-refractivity contribution in [1.82, 2.24) is 4.72 Å². The highest BCUT2D eigenvalue weighted by Gasteiger charge is 2.20. The topological polar surface area (TPSA) is 86.7 Å². The summed E-state index contributed by atoms with van der Waals surface area (Å²) >= 11 is 5.93. The molecule has 2 rings (SSSR count). The van der Waals surface area contributed by atoms with E-state index in [0.29, 0.717) is 0 Å². The summed E-state index contributed by atoms with van der Waals surface area (Å²) in [5, 5.41) is 8.97. The first-order chi connectivity index (χ1) is 11.2. The average molecular weight is 369 g/mol. The number of hydrogen-bond acceptors (Lipinski definition) is 4. The minimum absolute atomic E-state index is 0.0339. The van der Waals surface area contributed by atoms with Crippen molar-refractivity contribution >= 4 is 33.3 Å². The number of nitrogens with zero attached hydrogens (tertiary/aromatic N) is 1. The summed E-state index contributed by atoms with van der Waals surface area (Å²) in [4.78, 5) is 12.6. The minimum Gasteiger partial charge on any atom is -0.478 e. The molecular formula is C16H17ClN2O4S. The van der Waals surface area contributed by atoms with E-state index in [4.69, 9.17) is 16.7 Å². The number of carbonyl (C=O) groups is 1. The number of nitrogens with one attached hydrogen (secondary N) is 1. The molecule has 0 saturated carbocycles. The summed E-state index contributed by atoms with van der Waals surface area (Å²) in [7, 11) is -0.228. The number of carboxylic acid groups (broad SMARTS) is 1. The standard InChI is InChI=1S/C16H17ClN2O4S/c1-19(2)14-6-4-3-5-12(14)10-18-24(22,23)15-9-11(16(20)21)7-8-13(15)17/h3-9,18H,10H2,1-2H3,(H,20,21). The summed E-state index contributed by atoms with van der Waals surface area (Å²) < 4.78 is 27.4. The van der Waals surface area contributed by atoms with E-state index >= 15 is 0 Å². The highest BCUT2D eigenvalue weighted by atomic mass is 35.5. The molecule has 128 valence electrons. The van der Waals surface area contributed by atoms with E-state index < -0.39 is 16.0 Å². The van der Waals surface area contributed by atoms with Crippen molar-refractivity contribution < 1.29 is 18.3 Å². The maximum absolute atomic E-state index is 12.5. The van der Waals surface area contributed by atoms with Gasteiger partial charge in [-0.15, -0.1) is 0 Å². The highest BCUT2D eigenvalue weighted by molar-refractivity contribution is 7.89. The number of carboxylic acids is 1. The summed E-state index contributed by atoms with van der Waals surface area (Å²) in [5.74, 6) is -1.22. The van der Waals surface area contributed by atoms with Crippen LogP contribution in [0.15, 0.2) is 47.4 Å². The van der Waals surface area contributed by atoms with Gasteiger partial charge >= 0.3 is 5.97 Å². The van der Waals surface area contributed by atoms with Crippen molar-refractivity contribution in [3.8, 4) is 0 Å². The van der Waals surface area contributed by atoms with Gasteiger partial charge in [-0.3, -0.25) is 0 Å². The molecule has 0 unspecified atom stereocenters. The molecular weight excluding hydrogens is 352 g/mol. The van der Waals surface area contributed by atoms with Crippen LogP contribution in [0.5, 0.6) is 0 Å². The summed E-state index contributed by atoms with van der Waals surface area (Å²) in [6.07, 6.45) is 0. The van der Waals surface area contributed by atoms with Crippen LogP contribution in [-0.2, 0) is 16.6 Å². The van der Waals surface area contributed by atoms with E-state index in [9.17, 15) is 13.2 Å². The van der Waals surface area contributed by atoms with Gasteiger partial charge in [-0.1, -0.05) is 29.8 Å². The molecule has 0 saturated heterocycles. The van der Waals surface area contributed by atoms with E-state index in [1.165, 1.54) is 12.1 Å². The Labute approximate surface area is 145 Å². The van der Waals surface area contributed by atoms with E-state index in [1.54, 1.807) is 0 Å². The third-order valence-corrected chi connectivity index (χ3v) is 5.28. The molecule has 0 bridgehead atoms. The first-order valence-corrected chi connectivity index (χ1v) is 8.86. The molecule has 0 atom stereocenters. The fourth-order valence-electron chi connectivity index (χ4n) is 2.19. The van der Waals surface area contributed by atoms with E-state index in [1.807, 2.05) is 43.3 Å². The zero-order valence-corrected chi connectivity index (χ0v) is 14.7. The van der Waals surface area contributed by atoms with Gasteiger partial charge in [0.15, 0.2) is 0 Å². The molecule has 6 nitrogen and oxygen atoms in total. The fraction of sp³-hybridized carbons (Fsp3) is 0.188. The molecule has 0 aliphatic carbocycles. The van der Waals surface area contributed by atoms with Crippen molar-refractivity contribution in [2.75, 3.05) is 19.0 Å². The monoisotopic (exact) mass is 368 g/mol. The number of sulfonamides is 1. The van der Waals surface area contributed by atoms with Crippen LogP contribution in [0, 0.1) is 0 Å². The second-order valence-electron chi connectivity index (χ2n) is 5.30. The quantitative estimate of drug-likeness (QED) is 0.818. The van der Waals surface area contributed by atoms with Gasteiger partial charge in [0.25, 0.3) is 0 Å². The van der Waals surface area contributed by atoms with Crippen molar-refractivity contribution in [3.63, 3.8) is 0 Å². The molecule has 0 radical (unpaired) electrons. The van der Waals surface area contributed by atoms with Gasteiger partial charge in [-0.05, 0) is 29.8 Å². The van der Waals surface area contributed by atoms with Crippen LogP contribution >= 0.6 is 11.6 Å². The zero-order valence-electron chi connectivity index (χ0n) is 13.2. The van der Waals surface area contributed by atoms with Gasteiger partial charge in [-0.25, -0.2) is 17.9 Å². The summed E-state index contributed by atoms with van der Waals surface area (Å²) in [6.45, 7) is 0.0598. The molecule has 0 fully saturated rings. The van der Waals surface area contributed by atoms with E-state index in [2.05, 4.69) is 4.72 Å². The van der Waals surface area contributed by atoms with Crippen LogP contribution in [0.2, 0.25) is 5.02 Å². The Morgan fingerprint density at radius 3 is 2.50 bits per heavy atom. The van der Waals surface area contributed by atoms with Crippen molar-refractivity contribution in [2.24, 2.45) is 0 Å². The molecule has 2 aromatic carbocycles. The number of rotatable bonds is 6. The molecule has 8 heteroatoms. The third-order valence-electron chi connectivity index (χ3n) is 3.39. The van der Waals surface area contributed by atoms with Gasteiger partial charge < -0.3 is 10.0 Å². The van der Waals surface area contributed by atoms with Gasteiger partial charge in [0.05, 0.1) is 10.6 Å². The number of anilines is 1. The molecule has 0 aliphatic rings. The van der Waals surface area contributed by atoms with Crippen molar-refractivity contribution in [3.05, 3.63) is 58.6 Å². The van der Waals surface area contributed by atoms with Crippen molar-refractivity contribution in [2.45, 2.75) is 11.4 Å². The summed E-state index contributed by atoms with van der Waals surface area (Å²) in [5.41, 5.74) is 1.52. The fourth-order valence-corrected chi connectivity index (χ4v) is 3.72. The molecule has 24 heavy (non-hydrogen) atoms. The number of para-hydroxylation sites is 1. The minimum atomic E-state index is -3.95. The lowest BCUT2D eigenvalue weighted by Crippen LogP contribution is -2.25. The van der Waals surface area contributed by atoms with Crippen molar-refractivity contribution in [1.29, 1.82) is 0 Å². The Bertz CT molecular complexity index is 866. The maximum atomic E-state index is 12.5. The molecule has 0 aliphatic heterocycles. The lowest BCUT2D eigenvalue weighted by atomic mass is 10.1. The van der Waals surface area contributed by atoms with Gasteiger partial charge in [0.2, 0.25) is 10.0 Å². The molecule has 0 amide bonds. The Morgan fingerprint density at radius 1 is 1.21 bits per heavy atom. The predicted octanol–water partition coefficient (Wildman–Crippen LogP) is 2.58. The average Bonchev–Trinajstić information content (AvgIpc) is 2.53. The third kappa shape index (κ3) is 4.05. The van der Waals surface area contributed by atoms with Crippen LogP contribution in [0.3, 0.4) is 0 Å².